The van der Waals surface area contributed by atoms with Crippen LogP contribution in [0.3, 0.4) is 0 Å². The molecule has 90 valence electrons. The Morgan fingerprint density at radius 1 is 1.24 bits per heavy atom. The maximum absolute atomic E-state index is 12.1. The summed E-state index contributed by atoms with van der Waals surface area (Å²) in [5, 5.41) is 0. The number of methoxy groups -OCH3 is 1. The number of carbonyl (C=O) groups is 1. The van der Waals surface area contributed by atoms with Gasteiger partial charge in [-0.1, -0.05) is 12.2 Å². The lowest BCUT2D eigenvalue weighted by atomic mass is 10.2. The number of amides is 1. The molecular weight excluding hydrogens is 214 g/mol. The molecule has 1 amide bonds. The summed E-state index contributed by atoms with van der Waals surface area (Å²) in [5.74, 6) is 0.702. The first kappa shape index (κ1) is 13.0. The van der Waals surface area contributed by atoms with Crippen molar-refractivity contribution in [2.24, 2.45) is 0 Å². The number of ether oxygens (including phenoxy) is 1. The van der Waals surface area contributed by atoms with Gasteiger partial charge in [-0.3, -0.25) is 4.79 Å². The molecule has 0 fully saturated rings. The predicted molar refractivity (Wildman–Crippen MR) is 69.3 cm³/mol. The lowest BCUT2D eigenvalue weighted by Crippen LogP contribution is -2.31. The van der Waals surface area contributed by atoms with Gasteiger partial charge in [-0.2, -0.15) is 0 Å². The van der Waals surface area contributed by atoms with E-state index in [0.29, 0.717) is 18.7 Å². The summed E-state index contributed by atoms with van der Waals surface area (Å²) in [6.07, 6.45) is 3.40. The van der Waals surface area contributed by atoms with Crippen molar-refractivity contribution in [3.63, 3.8) is 0 Å². The Balaban J connectivity index is 2.84. The van der Waals surface area contributed by atoms with Crippen LogP contribution < -0.4 is 4.74 Å². The third kappa shape index (κ3) is 3.48. The first-order valence-corrected chi connectivity index (χ1v) is 5.38. The standard InChI is InChI=1S/C14H17NO2/c1-4-10-15(11-5-2)14(16)12-6-8-13(17-3)9-7-12/h4-9H,1-2,10-11H2,3H3. The molecule has 3 nitrogen and oxygen atoms in total. The van der Waals surface area contributed by atoms with E-state index in [2.05, 4.69) is 13.2 Å². The van der Waals surface area contributed by atoms with Crippen LogP contribution in [0.15, 0.2) is 49.6 Å². The van der Waals surface area contributed by atoms with E-state index in [1.165, 1.54) is 0 Å². The van der Waals surface area contributed by atoms with Crippen LogP contribution in [0.5, 0.6) is 5.75 Å². The van der Waals surface area contributed by atoms with Crippen molar-refractivity contribution in [3.8, 4) is 5.75 Å². The van der Waals surface area contributed by atoms with Gasteiger partial charge in [-0.25, -0.2) is 0 Å². The van der Waals surface area contributed by atoms with Gasteiger partial charge in [0.25, 0.3) is 5.91 Å². The average molecular weight is 231 g/mol. The molecule has 0 atom stereocenters. The summed E-state index contributed by atoms with van der Waals surface area (Å²) >= 11 is 0. The molecule has 0 heterocycles. The normalized spacial score (nSPS) is 9.47. The number of nitrogens with zero attached hydrogens (tertiary/aromatic N) is 1. The van der Waals surface area contributed by atoms with Crippen molar-refractivity contribution in [1.29, 1.82) is 0 Å². The molecule has 17 heavy (non-hydrogen) atoms. The van der Waals surface area contributed by atoms with Crippen LogP contribution in [-0.2, 0) is 0 Å². The number of hydrogen-bond donors (Lipinski definition) is 0. The van der Waals surface area contributed by atoms with Gasteiger partial charge in [-0.15, -0.1) is 13.2 Å². The quantitative estimate of drug-likeness (QED) is 0.704. The van der Waals surface area contributed by atoms with Gasteiger partial charge in [0, 0.05) is 18.7 Å². The van der Waals surface area contributed by atoms with Crippen molar-refractivity contribution < 1.29 is 9.53 Å². The summed E-state index contributed by atoms with van der Waals surface area (Å²) in [4.78, 5) is 13.8. The van der Waals surface area contributed by atoms with Crippen molar-refractivity contribution in [3.05, 3.63) is 55.1 Å². The Morgan fingerprint density at radius 3 is 2.18 bits per heavy atom. The molecule has 0 unspecified atom stereocenters. The lowest BCUT2D eigenvalue weighted by molar-refractivity contribution is 0.0791. The second-order valence-corrected chi connectivity index (χ2v) is 3.52. The molecule has 0 spiro atoms. The Kier molecular flexibility index (Phi) is 5.01. The van der Waals surface area contributed by atoms with E-state index in [1.54, 1.807) is 48.4 Å². The lowest BCUT2D eigenvalue weighted by Gasteiger charge is -2.19. The molecular formula is C14H17NO2. The zero-order valence-electron chi connectivity index (χ0n) is 10.1. The molecule has 1 rings (SSSR count). The molecule has 0 bridgehead atoms. The molecule has 3 heteroatoms. The van der Waals surface area contributed by atoms with Gasteiger partial charge in [0.05, 0.1) is 7.11 Å². The fourth-order valence-electron chi connectivity index (χ4n) is 1.47. The van der Waals surface area contributed by atoms with E-state index >= 15 is 0 Å². The van der Waals surface area contributed by atoms with E-state index in [0.717, 1.165) is 5.75 Å². The van der Waals surface area contributed by atoms with E-state index in [9.17, 15) is 4.79 Å². The summed E-state index contributed by atoms with van der Waals surface area (Å²) in [6, 6.07) is 7.04. The minimum atomic E-state index is -0.0348. The number of carbonyl (C=O) groups excluding carboxylic acids is 1. The largest absolute Gasteiger partial charge is 0.497 e. The maximum Gasteiger partial charge on any atom is 0.254 e. The molecule has 1 aromatic carbocycles. The molecule has 0 saturated carbocycles. The number of benzene rings is 1. The van der Waals surface area contributed by atoms with E-state index in [4.69, 9.17) is 4.74 Å². The minimum absolute atomic E-state index is 0.0348. The van der Waals surface area contributed by atoms with Crippen LogP contribution in [0.25, 0.3) is 0 Å². The Morgan fingerprint density at radius 2 is 1.76 bits per heavy atom. The van der Waals surface area contributed by atoms with Crippen LogP contribution in [0, 0.1) is 0 Å². The van der Waals surface area contributed by atoms with Crippen molar-refractivity contribution in [2.75, 3.05) is 20.2 Å². The summed E-state index contributed by atoms with van der Waals surface area (Å²) in [5.41, 5.74) is 0.634. The smallest absolute Gasteiger partial charge is 0.254 e. The second-order valence-electron chi connectivity index (χ2n) is 3.52. The highest BCUT2D eigenvalue weighted by molar-refractivity contribution is 5.94. The zero-order chi connectivity index (χ0) is 12.7. The van der Waals surface area contributed by atoms with Gasteiger partial charge in [0.2, 0.25) is 0 Å². The Bertz CT molecular complexity index is 385. The summed E-state index contributed by atoms with van der Waals surface area (Å²) < 4.78 is 5.05. The summed E-state index contributed by atoms with van der Waals surface area (Å²) in [6.45, 7) is 8.30. The van der Waals surface area contributed by atoms with Crippen LogP contribution >= 0.6 is 0 Å². The summed E-state index contributed by atoms with van der Waals surface area (Å²) in [7, 11) is 1.60. The second kappa shape index (κ2) is 6.53. The number of rotatable bonds is 6. The molecule has 0 aliphatic heterocycles. The van der Waals surface area contributed by atoms with Crippen LogP contribution in [0.1, 0.15) is 10.4 Å². The highest BCUT2D eigenvalue weighted by atomic mass is 16.5. The monoisotopic (exact) mass is 231 g/mol. The maximum atomic E-state index is 12.1. The third-order valence-corrected chi connectivity index (χ3v) is 2.32. The van der Waals surface area contributed by atoms with Gasteiger partial charge in [-0.05, 0) is 24.3 Å². The van der Waals surface area contributed by atoms with Gasteiger partial charge < -0.3 is 9.64 Å². The van der Waals surface area contributed by atoms with Crippen LogP contribution in [-0.4, -0.2) is 31.0 Å². The van der Waals surface area contributed by atoms with Crippen molar-refractivity contribution in [1.82, 2.24) is 4.90 Å². The topological polar surface area (TPSA) is 29.5 Å². The third-order valence-electron chi connectivity index (χ3n) is 2.32. The Labute approximate surface area is 102 Å². The molecule has 1 aromatic rings. The van der Waals surface area contributed by atoms with E-state index < -0.39 is 0 Å². The van der Waals surface area contributed by atoms with Crippen molar-refractivity contribution >= 4 is 5.91 Å². The van der Waals surface area contributed by atoms with Crippen LogP contribution in [0.4, 0.5) is 0 Å². The fourth-order valence-corrected chi connectivity index (χ4v) is 1.47. The van der Waals surface area contributed by atoms with Gasteiger partial charge >= 0.3 is 0 Å². The molecule has 0 aliphatic carbocycles. The highest BCUT2D eigenvalue weighted by Gasteiger charge is 2.12. The predicted octanol–water partition coefficient (Wildman–Crippen LogP) is 2.51. The number of hydrogen-bond acceptors (Lipinski definition) is 2. The first-order chi connectivity index (χ1) is 8.22. The zero-order valence-corrected chi connectivity index (χ0v) is 10.1. The Hall–Kier alpha value is -2.03. The molecule has 0 N–H and O–H groups in total. The fraction of sp³-hybridized carbons (Fsp3) is 0.214. The molecule has 0 saturated heterocycles. The molecule has 0 aliphatic rings. The average Bonchev–Trinajstić information content (AvgIpc) is 2.38. The van der Waals surface area contributed by atoms with Crippen molar-refractivity contribution in [2.45, 2.75) is 0 Å². The minimum Gasteiger partial charge on any atom is -0.497 e. The van der Waals surface area contributed by atoms with Gasteiger partial charge in [0.15, 0.2) is 0 Å². The van der Waals surface area contributed by atoms with Crippen LogP contribution in [0.2, 0.25) is 0 Å². The van der Waals surface area contributed by atoms with Gasteiger partial charge in [0.1, 0.15) is 5.75 Å². The molecule has 0 radical (unpaired) electrons. The van der Waals surface area contributed by atoms with E-state index in [1.807, 2.05) is 0 Å². The molecule has 0 aromatic heterocycles. The first-order valence-electron chi connectivity index (χ1n) is 5.38. The van der Waals surface area contributed by atoms with E-state index in [-0.39, 0.29) is 5.91 Å². The highest BCUT2D eigenvalue weighted by Crippen LogP contribution is 2.13. The SMILES string of the molecule is C=CCN(CC=C)C(=O)c1ccc(OC)cc1.